The van der Waals surface area contributed by atoms with E-state index in [9.17, 15) is 9.59 Å². The van der Waals surface area contributed by atoms with Crippen molar-refractivity contribution in [3.05, 3.63) is 22.8 Å². The standard InChI is InChI=1S/C19H27NO3/c1-11-9-14-15(12(2)16(11)23-13(3)21)19(7,8)10-20(14)17(22)18(4,5)6/h9H,10H2,1-8H3. The summed E-state index contributed by atoms with van der Waals surface area (Å²) >= 11 is 0. The topological polar surface area (TPSA) is 46.6 Å². The van der Waals surface area contributed by atoms with E-state index in [1.807, 2.05) is 45.6 Å². The van der Waals surface area contributed by atoms with Gasteiger partial charge in [-0.25, -0.2) is 0 Å². The zero-order valence-corrected chi connectivity index (χ0v) is 15.5. The van der Waals surface area contributed by atoms with Gasteiger partial charge in [-0.15, -0.1) is 0 Å². The maximum absolute atomic E-state index is 12.8. The summed E-state index contributed by atoms with van der Waals surface area (Å²) in [6.07, 6.45) is 0. The number of nitrogens with zero attached hydrogens (tertiary/aromatic N) is 1. The molecule has 2 rings (SSSR count). The Kier molecular flexibility index (Phi) is 4.08. The minimum absolute atomic E-state index is 0.114. The van der Waals surface area contributed by atoms with Gasteiger partial charge < -0.3 is 9.64 Å². The summed E-state index contributed by atoms with van der Waals surface area (Å²) in [5.41, 5.74) is 3.25. The quantitative estimate of drug-likeness (QED) is 0.583. The lowest BCUT2D eigenvalue weighted by Crippen LogP contribution is -2.40. The molecule has 0 fully saturated rings. The lowest BCUT2D eigenvalue weighted by atomic mass is 9.83. The number of hydrogen-bond acceptors (Lipinski definition) is 3. The van der Waals surface area contributed by atoms with Crippen LogP contribution < -0.4 is 9.64 Å². The second-order valence-corrected chi connectivity index (χ2v) is 8.16. The van der Waals surface area contributed by atoms with Gasteiger partial charge in [-0.05, 0) is 36.6 Å². The fourth-order valence-corrected chi connectivity index (χ4v) is 3.46. The molecule has 1 aliphatic rings. The first-order valence-electron chi connectivity index (χ1n) is 8.01. The molecule has 0 aromatic heterocycles. The van der Waals surface area contributed by atoms with Crippen LogP contribution in [0.3, 0.4) is 0 Å². The third-order valence-electron chi connectivity index (χ3n) is 4.34. The number of ether oxygens (including phenoxy) is 1. The number of benzene rings is 1. The summed E-state index contributed by atoms with van der Waals surface area (Å²) in [5, 5.41) is 0. The van der Waals surface area contributed by atoms with E-state index in [4.69, 9.17) is 4.74 Å². The third-order valence-corrected chi connectivity index (χ3v) is 4.34. The second-order valence-electron chi connectivity index (χ2n) is 8.16. The molecule has 1 aromatic carbocycles. The van der Waals surface area contributed by atoms with Crippen molar-refractivity contribution in [2.45, 2.75) is 60.8 Å². The number of rotatable bonds is 1. The molecule has 1 aliphatic heterocycles. The summed E-state index contributed by atoms with van der Waals surface area (Å²) in [6.45, 7) is 16.0. The molecule has 0 saturated carbocycles. The number of esters is 1. The highest BCUT2D eigenvalue weighted by atomic mass is 16.5. The Morgan fingerprint density at radius 2 is 1.78 bits per heavy atom. The van der Waals surface area contributed by atoms with Gasteiger partial charge in [0.25, 0.3) is 0 Å². The molecule has 0 saturated heterocycles. The smallest absolute Gasteiger partial charge is 0.308 e. The number of carbonyl (C=O) groups is 2. The molecular weight excluding hydrogens is 290 g/mol. The third kappa shape index (κ3) is 2.99. The first-order chi connectivity index (χ1) is 10.4. The molecule has 1 aromatic rings. The maximum Gasteiger partial charge on any atom is 0.308 e. The average molecular weight is 317 g/mol. The van der Waals surface area contributed by atoms with Crippen molar-refractivity contribution >= 4 is 17.6 Å². The SMILES string of the molecule is CC(=O)Oc1c(C)cc2c(c1C)C(C)(C)CN2C(=O)C(C)(C)C. The Labute approximate surface area is 138 Å². The minimum Gasteiger partial charge on any atom is -0.426 e. The van der Waals surface area contributed by atoms with Crippen LogP contribution in [0.2, 0.25) is 0 Å². The molecular formula is C19H27NO3. The van der Waals surface area contributed by atoms with E-state index < -0.39 is 5.41 Å². The molecule has 1 amide bonds. The molecule has 0 N–H and O–H groups in total. The normalized spacial score (nSPS) is 16.3. The van der Waals surface area contributed by atoms with E-state index in [0.717, 1.165) is 22.4 Å². The van der Waals surface area contributed by atoms with Crippen molar-refractivity contribution in [2.24, 2.45) is 5.41 Å². The van der Waals surface area contributed by atoms with Crippen LogP contribution in [-0.2, 0) is 15.0 Å². The number of anilines is 1. The molecule has 0 radical (unpaired) electrons. The lowest BCUT2D eigenvalue weighted by Gasteiger charge is -2.27. The van der Waals surface area contributed by atoms with Crippen molar-refractivity contribution in [1.29, 1.82) is 0 Å². The molecule has 0 spiro atoms. The van der Waals surface area contributed by atoms with Gasteiger partial charge in [0.05, 0.1) is 0 Å². The Hall–Kier alpha value is -1.84. The predicted octanol–water partition coefficient (Wildman–Crippen LogP) is 3.90. The van der Waals surface area contributed by atoms with Gasteiger partial charge in [0.2, 0.25) is 5.91 Å². The zero-order valence-electron chi connectivity index (χ0n) is 15.5. The summed E-state index contributed by atoms with van der Waals surface area (Å²) in [6, 6.07) is 1.97. The Morgan fingerprint density at radius 3 is 2.26 bits per heavy atom. The van der Waals surface area contributed by atoms with Gasteiger partial charge >= 0.3 is 5.97 Å². The fraction of sp³-hybridized carbons (Fsp3) is 0.579. The number of amides is 1. The van der Waals surface area contributed by atoms with Crippen molar-refractivity contribution in [2.75, 3.05) is 11.4 Å². The van der Waals surface area contributed by atoms with Crippen molar-refractivity contribution in [3.63, 3.8) is 0 Å². The van der Waals surface area contributed by atoms with Crippen LogP contribution >= 0.6 is 0 Å². The summed E-state index contributed by atoms with van der Waals surface area (Å²) < 4.78 is 5.42. The highest BCUT2D eigenvalue weighted by molar-refractivity contribution is 6.00. The maximum atomic E-state index is 12.8. The molecule has 1 heterocycles. The number of fused-ring (bicyclic) bond motifs is 1. The molecule has 0 unspecified atom stereocenters. The van der Waals surface area contributed by atoms with Crippen molar-refractivity contribution < 1.29 is 14.3 Å². The number of carbonyl (C=O) groups excluding carboxylic acids is 2. The van der Waals surface area contributed by atoms with Crippen LogP contribution in [0.15, 0.2) is 6.07 Å². The Balaban J connectivity index is 2.65. The molecule has 23 heavy (non-hydrogen) atoms. The van der Waals surface area contributed by atoms with Gasteiger partial charge in [-0.3, -0.25) is 9.59 Å². The molecule has 4 nitrogen and oxygen atoms in total. The van der Waals surface area contributed by atoms with Crippen molar-refractivity contribution in [1.82, 2.24) is 0 Å². The van der Waals surface area contributed by atoms with Crippen LogP contribution in [0.1, 0.15) is 58.2 Å². The minimum atomic E-state index is -0.436. The van der Waals surface area contributed by atoms with E-state index >= 15 is 0 Å². The molecule has 0 aliphatic carbocycles. The average Bonchev–Trinajstić information content (AvgIpc) is 2.63. The van der Waals surface area contributed by atoms with E-state index in [-0.39, 0.29) is 17.3 Å². The van der Waals surface area contributed by atoms with E-state index in [1.54, 1.807) is 0 Å². The van der Waals surface area contributed by atoms with Gasteiger partial charge in [-0.1, -0.05) is 34.6 Å². The Bertz CT molecular complexity index is 681. The first-order valence-corrected chi connectivity index (χ1v) is 8.01. The summed E-state index contributed by atoms with van der Waals surface area (Å²) in [4.78, 5) is 26.1. The van der Waals surface area contributed by atoms with Crippen molar-refractivity contribution in [3.8, 4) is 5.75 Å². The van der Waals surface area contributed by atoms with E-state index in [2.05, 4.69) is 13.8 Å². The second kappa shape index (κ2) is 5.36. The lowest BCUT2D eigenvalue weighted by molar-refractivity contribution is -0.132. The number of hydrogen-bond donors (Lipinski definition) is 0. The fourth-order valence-electron chi connectivity index (χ4n) is 3.46. The highest BCUT2D eigenvalue weighted by Gasteiger charge is 2.43. The summed E-state index contributed by atoms with van der Waals surface area (Å²) in [7, 11) is 0. The molecule has 0 bridgehead atoms. The highest BCUT2D eigenvalue weighted by Crippen LogP contribution is 2.47. The van der Waals surface area contributed by atoms with Crippen LogP contribution in [0, 0.1) is 19.3 Å². The van der Waals surface area contributed by atoms with Crippen LogP contribution in [0.25, 0.3) is 0 Å². The molecule has 126 valence electrons. The Morgan fingerprint density at radius 1 is 1.22 bits per heavy atom. The first kappa shape index (κ1) is 17.5. The van der Waals surface area contributed by atoms with Crippen LogP contribution in [-0.4, -0.2) is 18.4 Å². The number of aryl methyl sites for hydroxylation is 1. The van der Waals surface area contributed by atoms with Gasteiger partial charge in [0, 0.05) is 30.0 Å². The van der Waals surface area contributed by atoms with E-state index in [1.165, 1.54) is 6.92 Å². The van der Waals surface area contributed by atoms with Crippen LogP contribution in [0.4, 0.5) is 5.69 Å². The predicted molar refractivity (Wildman–Crippen MR) is 92.1 cm³/mol. The van der Waals surface area contributed by atoms with Crippen LogP contribution in [0.5, 0.6) is 5.75 Å². The monoisotopic (exact) mass is 317 g/mol. The zero-order chi connectivity index (χ0) is 17.7. The van der Waals surface area contributed by atoms with Gasteiger partial charge in [-0.2, -0.15) is 0 Å². The largest absolute Gasteiger partial charge is 0.426 e. The molecule has 4 heteroatoms. The van der Waals surface area contributed by atoms with Gasteiger partial charge in [0.1, 0.15) is 5.75 Å². The summed E-state index contributed by atoms with van der Waals surface area (Å²) in [5.74, 6) is 0.410. The van der Waals surface area contributed by atoms with Gasteiger partial charge in [0.15, 0.2) is 0 Å². The van der Waals surface area contributed by atoms with E-state index in [0.29, 0.717) is 12.3 Å². The molecule has 0 atom stereocenters.